The monoisotopic (exact) mass is 483 g/mol. The maximum Gasteiger partial charge on any atom is 0.284 e. The standard InChI is InChI=1S/C22H18ClF4N3O3/c1-22(33,11-24)18(19(26)27)28-20(31)16-10-17(12-5-7-13(23)8-6-12)29-30(21(16)32)15-4-2-3-14(25)9-15/h2-10,18-19,33H,11H2,1H3,(H,28,31)/t18-,22?/m0/s1. The lowest BCUT2D eigenvalue weighted by molar-refractivity contribution is -0.0567. The average Bonchev–Trinajstić information content (AvgIpc) is 2.77. The Kier molecular flexibility index (Phi) is 7.19. The van der Waals surface area contributed by atoms with E-state index in [1.54, 1.807) is 12.1 Å². The molecule has 1 heterocycles. The van der Waals surface area contributed by atoms with E-state index in [9.17, 15) is 32.3 Å². The summed E-state index contributed by atoms with van der Waals surface area (Å²) in [7, 11) is 0. The first-order chi connectivity index (χ1) is 15.5. The summed E-state index contributed by atoms with van der Waals surface area (Å²) in [6, 6.07) is 9.72. The Morgan fingerprint density at radius 1 is 1.21 bits per heavy atom. The summed E-state index contributed by atoms with van der Waals surface area (Å²) in [6.07, 6.45) is -3.33. The van der Waals surface area contributed by atoms with Crippen LogP contribution >= 0.6 is 11.6 Å². The van der Waals surface area contributed by atoms with Gasteiger partial charge in [-0.15, -0.1) is 0 Å². The van der Waals surface area contributed by atoms with Crippen LogP contribution in [-0.4, -0.2) is 45.5 Å². The van der Waals surface area contributed by atoms with Crippen LogP contribution in [0.15, 0.2) is 59.4 Å². The van der Waals surface area contributed by atoms with Gasteiger partial charge in [0.2, 0.25) is 0 Å². The maximum absolute atomic E-state index is 13.8. The van der Waals surface area contributed by atoms with Gasteiger partial charge < -0.3 is 10.4 Å². The molecule has 1 unspecified atom stereocenters. The highest BCUT2D eigenvalue weighted by Gasteiger charge is 2.40. The van der Waals surface area contributed by atoms with Crippen LogP contribution < -0.4 is 10.9 Å². The minimum atomic E-state index is -3.33. The molecule has 3 rings (SSSR count). The summed E-state index contributed by atoms with van der Waals surface area (Å²) in [4.78, 5) is 25.8. The van der Waals surface area contributed by atoms with Gasteiger partial charge in [-0.25, -0.2) is 17.6 Å². The molecule has 1 amide bonds. The molecule has 2 atom stereocenters. The van der Waals surface area contributed by atoms with Gasteiger partial charge in [-0.1, -0.05) is 29.8 Å². The number of carbonyl (C=O) groups excluding carboxylic acids is 1. The van der Waals surface area contributed by atoms with Gasteiger partial charge in [0.1, 0.15) is 29.7 Å². The van der Waals surface area contributed by atoms with Crippen molar-refractivity contribution in [2.75, 3.05) is 6.67 Å². The van der Waals surface area contributed by atoms with Gasteiger partial charge in [-0.2, -0.15) is 9.78 Å². The van der Waals surface area contributed by atoms with Crippen LogP contribution in [0.5, 0.6) is 0 Å². The first-order valence-electron chi connectivity index (χ1n) is 9.57. The Morgan fingerprint density at radius 2 is 1.88 bits per heavy atom. The lowest BCUT2D eigenvalue weighted by Gasteiger charge is -2.30. The number of aromatic nitrogens is 2. The van der Waals surface area contributed by atoms with Crippen LogP contribution in [0.4, 0.5) is 17.6 Å². The molecule has 33 heavy (non-hydrogen) atoms. The lowest BCUT2D eigenvalue weighted by atomic mass is 9.98. The predicted octanol–water partition coefficient (Wildman–Crippen LogP) is 3.78. The molecule has 0 saturated heterocycles. The molecule has 0 aliphatic heterocycles. The van der Waals surface area contributed by atoms with E-state index in [0.29, 0.717) is 10.6 Å². The van der Waals surface area contributed by atoms with Gasteiger partial charge in [0.05, 0.1) is 11.4 Å². The largest absolute Gasteiger partial charge is 0.385 e. The zero-order chi connectivity index (χ0) is 24.3. The third-order valence-corrected chi connectivity index (χ3v) is 5.08. The van der Waals surface area contributed by atoms with Gasteiger partial charge in [0.25, 0.3) is 17.9 Å². The topological polar surface area (TPSA) is 84.2 Å². The number of rotatable bonds is 7. The summed E-state index contributed by atoms with van der Waals surface area (Å²) in [6.45, 7) is -0.775. The fraction of sp³-hybridized carbons (Fsp3) is 0.227. The van der Waals surface area contributed by atoms with Gasteiger partial charge in [0, 0.05) is 10.6 Å². The van der Waals surface area contributed by atoms with Crippen LogP contribution in [0.1, 0.15) is 17.3 Å². The molecule has 0 aliphatic carbocycles. The Balaban J connectivity index is 2.16. The second-order valence-corrected chi connectivity index (χ2v) is 7.86. The molecule has 3 aromatic rings. The molecule has 11 heteroatoms. The molecule has 6 nitrogen and oxygen atoms in total. The first-order valence-corrected chi connectivity index (χ1v) is 9.95. The molecule has 0 spiro atoms. The quantitative estimate of drug-likeness (QED) is 0.501. The molecule has 0 bridgehead atoms. The number of benzene rings is 2. The second kappa shape index (κ2) is 9.72. The normalized spacial score (nSPS) is 14.1. The molecular formula is C22H18ClF4N3O3. The zero-order valence-electron chi connectivity index (χ0n) is 17.1. The van der Waals surface area contributed by atoms with Gasteiger partial charge >= 0.3 is 0 Å². The van der Waals surface area contributed by atoms with Crippen molar-refractivity contribution in [3.63, 3.8) is 0 Å². The highest BCUT2D eigenvalue weighted by atomic mass is 35.5. The number of hydrogen-bond acceptors (Lipinski definition) is 4. The Hall–Kier alpha value is -3.24. The molecule has 174 valence electrons. The number of halogens is 5. The molecule has 0 fully saturated rings. The van der Waals surface area contributed by atoms with E-state index in [1.165, 1.54) is 24.3 Å². The SMILES string of the molecule is CC(O)(CF)[C@@H](NC(=O)c1cc(-c2ccc(Cl)cc2)nn(-c2cccc(F)c2)c1=O)C(F)F. The van der Waals surface area contributed by atoms with E-state index in [2.05, 4.69) is 5.10 Å². The number of nitrogens with zero attached hydrogens (tertiary/aromatic N) is 2. The van der Waals surface area contributed by atoms with Gasteiger partial charge in [0.15, 0.2) is 0 Å². The van der Waals surface area contributed by atoms with E-state index < -0.39 is 47.6 Å². The maximum atomic E-state index is 13.8. The molecule has 0 radical (unpaired) electrons. The summed E-state index contributed by atoms with van der Waals surface area (Å²) in [5, 5.41) is 16.3. The number of amides is 1. The van der Waals surface area contributed by atoms with Crippen molar-refractivity contribution >= 4 is 17.5 Å². The van der Waals surface area contributed by atoms with Crippen molar-refractivity contribution in [2.24, 2.45) is 0 Å². The van der Waals surface area contributed by atoms with Crippen molar-refractivity contribution in [3.05, 3.63) is 81.4 Å². The Morgan fingerprint density at radius 3 is 2.45 bits per heavy atom. The molecule has 0 saturated carbocycles. The van der Waals surface area contributed by atoms with Crippen molar-refractivity contribution < 1.29 is 27.5 Å². The minimum absolute atomic E-state index is 0.0222. The first kappa shape index (κ1) is 24.4. The van der Waals surface area contributed by atoms with E-state index in [4.69, 9.17) is 11.6 Å². The number of hydrogen-bond donors (Lipinski definition) is 2. The van der Waals surface area contributed by atoms with Gasteiger partial charge in [-0.05, 0) is 43.3 Å². The third kappa shape index (κ3) is 5.40. The van der Waals surface area contributed by atoms with Crippen molar-refractivity contribution in [3.8, 4) is 16.9 Å². The van der Waals surface area contributed by atoms with Crippen molar-refractivity contribution in [1.82, 2.24) is 15.1 Å². The fourth-order valence-corrected chi connectivity index (χ4v) is 3.12. The Bertz CT molecular complexity index is 1220. The molecular weight excluding hydrogens is 466 g/mol. The molecule has 1 aromatic heterocycles. The highest BCUT2D eigenvalue weighted by molar-refractivity contribution is 6.30. The zero-order valence-corrected chi connectivity index (χ0v) is 17.9. The van der Waals surface area contributed by atoms with Crippen LogP contribution in [0.25, 0.3) is 16.9 Å². The van der Waals surface area contributed by atoms with Crippen LogP contribution in [0.3, 0.4) is 0 Å². The third-order valence-electron chi connectivity index (χ3n) is 4.83. The highest BCUT2D eigenvalue weighted by Crippen LogP contribution is 2.22. The van der Waals surface area contributed by atoms with E-state index in [-0.39, 0.29) is 11.4 Å². The lowest BCUT2D eigenvalue weighted by Crippen LogP contribution is -2.57. The fourth-order valence-electron chi connectivity index (χ4n) is 2.99. The van der Waals surface area contributed by atoms with Crippen molar-refractivity contribution in [2.45, 2.75) is 25.0 Å². The van der Waals surface area contributed by atoms with Crippen LogP contribution in [0, 0.1) is 5.82 Å². The number of nitrogens with one attached hydrogen (secondary N) is 1. The minimum Gasteiger partial charge on any atom is -0.385 e. The summed E-state index contributed by atoms with van der Waals surface area (Å²) >= 11 is 5.89. The van der Waals surface area contributed by atoms with Crippen molar-refractivity contribution in [1.29, 1.82) is 0 Å². The number of aliphatic hydroxyl groups is 1. The van der Waals surface area contributed by atoms with Gasteiger partial charge in [-0.3, -0.25) is 9.59 Å². The summed E-state index contributed by atoms with van der Waals surface area (Å²) in [5.74, 6) is -1.97. The average molecular weight is 484 g/mol. The van der Waals surface area contributed by atoms with E-state index >= 15 is 0 Å². The summed E-state index contributed by atoms with van der Waals surface area (Å²) in [5.41, 5.74) is -3.78. The summed E-state index contributed by atoms with van der Waals surface area (Å²) < 4.78 is 54.5. The van der Waals surface area contributed by atoms with Crippen LogP contribution in [-0.2, 0) is 0 Å². The molecule has 2 N–H and O–H groups in total. The number of carbonyl (C=O) groups is 1. The second-order valence-electron chi connectivity index (χ2n) is 7.42. The predicted molar refractivity (Wildman–Crippen MR) is 114 cm³/mol. The smallest absolute Gasteiger partial charge is 0.284 e. The number of alkyl halides is 3. The van der Waals surface area contributed by atoms with E-state index in [1.807, 2.05) is 5.32 Å². The molecule has 0 aliphatic rings. The van der Waals surface area contributed by atoms with Crippen LogP contribution in [0.2, 0.25) is 5.02 Å². The van der Waals surface area contributed by atoms with E-state index in [0.717, 1.165) is 29.8 Å². The molecule has 2 aromatic carbocycles. The Labute approximate surface area is 190 Å².